The van der Waals surface area contributed by atoms with Gasteiger partial charge in [-0.25, -0.2) is 5.48 Å². The predicted molar refractivity (Wildman–Crippen MR) is 126 cm³/mol. The van der Waals surface area contributed by atoms with Crippen LogP contribution in [-0.2, 0) is 16.2 Å². The van der Waals surface area contributed by atoms with E-state index in [1.165, 1.54) is 4.57 Å². The Morgan fingerprint density at radius 1 is 1.19 bits per heavy atom. The molecule has 0 unspecified atom stereocenters. The number of hydrogen-bond donors (Lipinski definition) is 2. The maximum atomic E-state index is 13.3. The van der Waals surface area contributed by atoms with Crippen LogP contribution >= 0.6 is 11.6 Å². The number of rotatable bonds is 4. The maximum Gasteiger partial charge on any atom is 0.264 e. The molecule has 0 aliphatic carbocycles. The van der Waals surface area contributed by atoms with Gasteiger partial charge in [0.2, 0.25) is 5.91 Å². The Morgan fingerprint density at radius 2 is 1.97 bits per heavy atom. The van der Waals surface area contributed by atoms with Gasteiger partial charge in [-0.1, -0.05) is 48.5 Å². The van der Waals surface area contributed by atoms with Crippen LogP contribution in [0.5, 0.6) is 0 Å². The molecule has 0 spiro atoms. The molecule has 3 aromatic rings. The van der Waals surface area contributed by atoms with Crippen molar-refractivity contribution in [1.29, 1.82) is 0 Å². The number of carbonyl (C=O) groups excluding carboxylic acids is 1. The molecule has 0 atom stereocenters. The monoisotopic (exact) mass is 448 g/mol. The van der Waals surface area contributed by atoms with Crippen molar-refractivity contribution in [2.24, 2.45) is 4.99 Å². The largest absolute Gasteiger partial charge is 0.359 e. The standard InChI is InChI=1S/C24H21ClN4O3/c1-14-7-4-5-10-19(14)26-20(30)13-29-16(3)11-15(2)21(24(29)31)23-27-22(28-32-23)17-8-6-9-18(25)12-17/h4-12H,2,13H2,1,3H3,(H,26,30)(H,27,28). The molecule has 4 rings (SSSR count). The summed E-state index contributed by atoms with van der Waals surface area (Å²) in [6.45, 7) is 7.46. The minimum atomic E-state index is -0.414. The summed E-state index contributed by atoms with van der Waals surface area (Å²) in [4.78, 5) is 35.8. The van der Waals surface area contributed by atoms with E-state index in [0.29, 0.717) is 33.0 Å². The third kappa shape index (κ3) is 4.29. The van der Waals surface area contributed by atoms with Gasteiger partial charge in [-0.3, -0.25) is 9.59 Å². The summed E-state index contributed by atoms with van der Waals surface area (Å²) < 4.78 is 1.38. The molecule has 0 bridgehead atoms. The van der Waals surface area contributed by atoms with E-state index in [2.05, 4.69) is 22.4 Å². The van der Waals surface area contributed by atoms with E-state index in [0.717, 1.165) is 5.56 Å². The molecule has 2 N–H and O–H groups in total. The van der Waals surface area contributed by atoms with Gasteiger partial charge < -0.3 is 14.7 Å². The van der Waals surface area contributed by atoms with E-state index >= 15 is 0 Å². The SMILES string of the molecule is C=c1cc(C)n(CC(=O)Nc2ccccc2C)c(=O)c1=C1N=C(c2cccc(Cl)c2)NO1. The van der Waals surface area contributed by atoms with E-state index < -0.39 is 5.56 Å². The molecule has 1 aliphatic rings. The Hall–Kier alpha value is -3.84. The number of hydroxylamine groups is 1. The number of amidine groups is 1. The van der Waals surface area contributed by atoms with E-state index in [-0.39, 0.29) is 23.6 Å². The fraction of sp³-hybridized carbons (Fsp3) is 0.125. The first-order valence-corrected chi connectivity index (χ1v) is 10.3. The fourth-order valence-corrected chi connectivity index (χ4v) is 3.61. The van der Waals surface area contributed by atoms with Crippen LogP contribution in [0.3, 0.4) is 0 Å². The second kappa shape index (κ2) is 8.72. The lowest BCUT2D eigenvalue weighted by Crippen LogP contribution is -2.47. The van der Waals surface area contributed by atoms with Crippen LogP contribution in [0.15, 0.2) is 64.4 Å². The molecule has 8 heteroatoms. The number of nitrogens with zero attached hydrogens (tertiary/aromatic N) is 2. The number of anilines is 1. The summed E-state index contributed by atoms with van der Waals surface area (Å²) in [7, 11) is 0. The normalized spacial score (nSPS) is 14.4. The van der Waals surface area contributed by atoms with Crippen molar-refractivity contribution in [1.82, 2.24) is 10.0 Å². The zero-order chi connectivity index (χ0) is 22.8. The first-order valence-electron chi connectivity index (χ1n) is 9.90. The number of pyridine rings is 1. The Morgan fingerprint density at radius 3 is 2.72 bits per heavy atom. The Labute approximate surface area is 189 Å². The molecule has 1 aromatic heterocycles. The van der Waals surface area contributed by atoms with Gasteiger partial charge in [-0.15, -0.1) is 0 Å². The molecule has 32 heavy (non-hydrogen) atoms. The van der Waals surface area contributed by atoms with Crippen molar-refractivity contribution in [2.45, 2.75) is 20.4 Å². The lowest BCUT2D eigenvalue weighted by atomic mass is 10.2. The molecule has 1 aliphatic heterocycles. The number of carbonyl (C=O) groups is 1. The molecule has 0 saturated heterocycles. The van der Waals surface area contributed by atoms with Gasteiger partial charge in [0.15, 0.2) is 5.84 Å². The Bertz CT molecular complexity index is 1430. The van der Waals surface area contributed by atoms with Gasteiger partial charge in [-0.05, 0) is 48.9 Å². The van der Waals surface area contributed by atoms with Gasteiger partial charge >= 0.3 is 0 Å². The topological polar surface area (TPSA) is 84.7 Å². The van der Waals surface area contributed by atoms with Crippen molar-refractivity contribution in [3.05, 3.63) is 97.2 Å². The van der Waals surface area contributed by atoms with Crippen LogP contribution in [0.4, 0.5) is 5.69 Å². The number of aliphatic imine (C=N–C) groups is 1. The predicted octanol–water partition coefficient (Wildman–Crippen LogP) is 2.21. The number of hydrogen-bond acceptors (Lipinski definition) is 5. The highest BCUT2D eigenvalue weighted by molar-refractivity contribution is 6.31. The summed E-state index contributed by atoms with van der Waals surface area (Å²) in [6, 6.07) is 16.3. The number of nitrogens with one attached hydrogen (secondary N) is 2. The highest BCUT2D eigenvalue weighted by atomic mass is 35.5. The summed E-state index contributed by atoms with van der Waals surface area (Å²) in [5, 5.41) is 4.04. The van der Waals surface area contributed by atoms with Crippen LogP contribution in [0.25, 0.3) is 12.5 Å². The summed E-state index contributed by atoms with van der Waals surface area (Å²) in [6.07, 6.45) is 0. The minimum absolute atomic E-state index is 0.0861. The lowest BCUT2D eigenvalue weighted by Gasteiger charge is -2.12. The van der Waals surface area contributed by atoms with E-state index in [4.69, 9.17) is 16.4 Å². The molecule has 1 amide bonds. The van der Waals surface area contributed by atoms with Crippen LogP contribution in [0.1, 0.15) is 16.8 Å². The lowest BCUT2D eigenvalue weighted by molar-refractivity contribution is -0.116. The van der Waals surface area contributed by atoms with Crippen LogP contribution < -0.4 is 26.8 Å². The zero-order valence-electron chi connectivity index (χ0n) is 17.6. The number of benzene rings is 2. The number of para-hydroxylation sites is 1. The average Bonchev–Trinajstić information content (AvgIpc) is 3.22. The molecule has 2 aromatic carbocycles. The quantitative estimate of drug-likeness (QED) is 0.641. The van der Waals surface area contributed by atoms with Gasteiger partial charge in [0, 0.05) is 22.0 Å². The molecular weight excluding hydrogens is 428 g/mol. The van der Waals surface area contributed by atoms with Crippen molar-refractivity contribution >= 4 is 41.5 Å². The molecular formula is C24H21ClN4O3. The fourth-order valence-electron chi connectivity index (χ4n) is 3.42. The molecule has 162 valence electrons. The second-order valence-corrected chi connectivity index (χ2v) is 7.86. The third-order valence-corrected chi connectivity index (χ3v) is 5.31. The van der Waals surface area contributed by atoms with Crippen molar-refractivity contribution < 1.29 is 9.63 Å². The van der Waals surface area contributed by atoms with E-state index in [1.807, 2.05) is 37.3 Å². The van der Waals surface area contributed by atoms with Crippen LogP contribution in [-0.4, -0.2) is 16.3 Å². The number of halogens is 1. The highest BCUT2D eigenvalue weighted by Gasteiger charge is 2.18. The number of amides is 1. The van der Waals surface area contributed by atoms with Crippen molar-refractivity contribution in [2.75, 3.05) is 5.32 Å². The smallest absolute Gasteiger partial charge is 0.264 e. The summed E-state index contributed by atoms with van der Waals surface area (Å²) >= 11 is 6.05. The summed E-state index contributed by atoms with van der Waals surface area (Å²) in [5.74, 6) is 0.194. The van der Waals surface area contributed by atoms with Crippen LogP contribution in [0.2, 0.25) is 5.02 Å². The van der Waals surface area contributed by atoms with E-state index in [1.54, 1.807) is 31.2 Å². The maximum absolute atomic E-state index is 13.3. The second-order valence-electron chi connectivity index (χ2n) is 7.42. The van der Waals surface area contributed by atoms with Gasteiger partial charge in [0.1, 0.15) is 11.8 Å². The van der Waals surface area contributed by atoms with Crippen molar-refractivity contribution in [3.8, 4) is 0 Å². The molecule has 0 saturated carbocycles. The molecule has 2 heterocycles. The molecule has 0 radical (unpaired) electrons. The Balaban J connectivity index is 1.72. The third-order valence-electron chi connectivity index (χ3n) is 5.08. The molecule has 7 nitrogen and oxygen atoms in total. The van der Waals surface area contributed by atoms with Gasteiger partial charge in [-0.2, -0.15) is 4.99 Å². The average molecular weight is 449 g/mol. The van der Waals surface area contributed by atoms with Crippen LogP contribution in [0, 0.1) is 13.8 Å². The van der Waals surface area contributed by atoms with E-state index in [9.17, 15) is 9.59 Å². The van der Waals surface area contributed by atoms with Gasteiger partial charge in [0.05, 0.1) is 0 Å². The highest BCUT2D eigenvalue weighted by Crippen LogP contribution is 2.15. The summed E-state index contributed by atoms with van der Waals surface area (Å²) in [5.41, 5.74) is 5.25. The molecule has 0 fully saturated rings. The first-order chi connectivity index (χ1) is 15.3. The van der Waals surface area contributed by atoms with Crippen molar-refractivity contribution in [3.63, 3.8) is 0 Å². The van der Waals surface area contributed by atoms with Gasteiger partial charge in [0.25, 0.3) is 11.4 Å². The number of aromatic nitrogens is 1. The minimum Gasteiger partial charge on any atom is -0.359 e. The number of aryl methyl sites for hydroxylation is 2. The Kier molecular flexibility index (Phi) is 5.83. The first kappa shape index (κ1) is 21.4. The zero-order valence-corrected chi connectivity index (χ0v) is 18.4.